The molecule has 13 heteroatoms. The van der Waals surface area contributed by atoms with Crippen molar-refractivity contribution in [3.8, 4) is 5.75 Å². The first-order chi connectivity index (χ1) is 18.4. The van der Waals surface area contributed by atoms with Crippen LogP contribution >= 0.6 is 0 Å². The molecule has 1 heterocycles. The first kappa shape index (κ1) is 26.2. The maximum absolute atomic E-state index is 13.8. The van der Waals surface area contributed by atoms with Crippen LogP contribution in [0.15, 0.2) is 22.9 Å². The Bertz CT molecular complexity index is 1450. The third-order valence-electron chi connectivity index (χ3n) is 8.04. The molecule has 1 aromatic heterocycles. The van der Waals surface area contributed by atoms with Gasteiger partial charge in [-0.1, -0.05) is 5.16 Å². The number of aromatic hydroxyl groups is 1. The van der Waals surface area contributed by atoms with E-state index in [1.54, 1.807) is 25.1 Å². The Morgan fingerprint density at radius 2 is 1.92 bits per heavy atom. The molecule has 204 valence electrons. The average Bonchev–Trinajstić information content (AvgIpc) is 3.40. The van der Waals surface area contributed by atoms with Gasteiger partial charge in [0.1, 0.15) is 5.75 Å². The molecular formula is C26H26N4O9. The van der Waals surface area contributed by atoms with Gasteiger partial charge in [-0.3, -0.25) is 28.8 Å². The molecule has 0 bridgehead atoms. The molecule has 39 heavy (non-hydrogen) atoms. The van der Waals surface area contributed by atoms with Crippen LogP contribution in [0.3, 0.4) is 0 Å². The Balaban J connectivity index is 1.54. The minimum absolute atomic E-state index is 0.00364. The number of primary amides is 1. The van der Waals surface area contributed by atoms with Gasteiger partial charge in [0.25, 0.3) is 5.91 Å². The number of aliphatic hydroxyl groups is 1. The lowest BCUT2D eigenvalue weighted by atomic mass is 9.53. The highest BCUT2D eigenvalue weighted by Gasteiger charge is 2.66. The number of benzene rings is 1. The van der Waals surface area contributed by atoms with E-state index in [9.17, 15) is 39.0 Å². The smallest absolute Gasteiger partial charge is 0.290 e. The number of carbonyl (C=O) groups is 6. The fourth-order valence-corrected chi connectivity index (χ4v) is 6.20. The normalized spacial score (nSPS) is 27.9. The van der Waals surface area contributed by atoms with E-state index in [1.165, 1.54) is 12.3 Å². The topological polar surface area (TPSA) is 210 Å². The van der Waals surface area contributed by atoms with Gasteiger partial charge in [0.2, 0.25) is 11.7 Å². The minimum Gasteiger partial charge on any atom is -0.507 e. The van der Waals surface area contributed by atoms with Crippen molar-refractivity contribution in [3.63, 3.8) is 0 Å². The number of ketones is 4. The quantitative estimate of drug-likeness (QED) is 0.350. The van der Waals surface area contributed by atoms with E-state index in [4.69, 9.17) is 10.3 Å². The van der Waals surface area contributed by atoms with Crippen molar-refractivity contribution in [2.45, 2.75) is 31.4 Å². The molecule has 5 atom stereocenters. The zero-order chi connectivity index (χ0) is 28.4. The van der Waals surface area contributed by atoms with Gasteiger partial charge in [0, 0.05) is 50.3 Å². The molecule has 5 rings (SSSR count). The van der Waals surface area contributed by atoms with Crippen molar-refractivity contribution in [3.05, 3.63) is 40.8 Å². The molecule has 3 aliphatic rings. The summed E-state index contributed by atoms with van der Waals surface area (Å²) >= 11 is 0. The van der Waals surface area contributed by atoms with Crippen molar-refractivity contribution in [2.24, 2.45) is 29.4 Å². The van der Waals surface area contributed by atoms with Crippen molar-refractivity contribution < 1.29 is 43.5 Å². The Morgan fingerprint density at radius 3 is 2.54 bits per heavy atom. The fourth-order valence-electron chi connectivity index (χ4n) is 6.20. The second-order valence-corrected chi connectivity index (χ2v) is 10.5. The third-order valence-corrected chi connectivity index (χ3v) is 8.04. The summed E-state index contributed by atoms with van der Waals surface area (Å²) in [6.07, 6.45) is 1.05. The van der Waals surface area contributed by atoms with Crippen molar-refractivity contribution in [1.29, 1.82) is 0 Å². The molecule has 2 fully saturated rings. The number of rotatable bonds is 5. The van der Waals surface area contributed by atoms with Gasteiger partial charge < -0.3 is 30.7 Å². The predicted molar refractivity (Wildman–Crippen MR) is 131 cm³/mol. The molecule has 1 aromatic carbocycles. The summed E-state index contributed by atoms with van der Waals surface area (Å²) in [6, 6.07) is 2.97. The highest BCUT2D eigenvalue weighted by molar-refractivity contribution is 6.31. The number of nitrogens with one attached hydrogen (secondary N) is 1. The second kappa shape index (κ2) is 9.12. The molecule has 0 aliphatic heterocycles. The van der Waals surface area contributed by atoms with E-state index in [1.807, 2.05) is 0 Å². The van der Waals surface area contributed by atoms with E-state index >= 15 is 0 Å². The lowest BCUT2D eigenvalue weighted by molar-refractivity contribution is -0.175. The van der Waals surface area contributed by atoms with E-state index < -0.39 is 76.4 Å². The monoisotopic (exact) mass is 538 g/mol. The first-order valence-electron chi connectivity index (χ1n) is 12.3. The molecule has 2 unspecified atom stereocenters. The minimum atomic E-state index is -2.72. The Hall–Kier alpha value is -4.39. The van der Waals surface area contributed by atoms with E-state index in [2.05, 4.69) is 10.5 Å². The van der Waals surface area contributed by atoms with Crippen LogP contribution in [-0.2, 0) is 32.1 Å². The van der Waals surface area contributed by atoms with Crippen LogP contribution < -0.4 is 16.0 Å². The second-order valence-electron chi connectivity index (χ2n) is 10.5. The molecular weight excluding hydrogens is 512 g/mol. The number of carbonyl (C=O) groups excluding carboxylic acids is 6. The molecule has 0 saturated heterocycles. The number of nitrogens with two attached hydrogens (primary N) is 1. The number of anilines is 1. The number of amides is 2. The standard InChI is InChI=1S/C26H26N4O9/c1-30(2)14-7-11(9-28-25(37)16-3-4-29-39-16)20(32)18-13(14)6-10-5-12-8-15(31)19(24(27)36)23(35)26(12,38)22(34)17(10)21(18)33/h3-4,7,10,12,17,19,32,38H,5-6,8-9H2,1-2H3,(H2,27,36)(H,28,37)/t10-,12+,17?,19?,26+/m1/s1. The number of aromatic nitrogens is 1. The Kier molecular flexibility index (Phi) is 6.13. The summed E-state index contributed by atoms with van der Waals surface area (Å²) < 4.78 is 4.82. The van der Waals surface area contributed by atoms with Crippen LogP contribution in [0.1, 0.15) is 44.9 Å². The van der Waals surface area contributed by atoms with Crippen LogP contribution in [0.5, 0.6) is 5.75 Å². The van der Waals surface area contributed by atoms with E-state index in [0.29, 0.717) is 11.3 Å². The maximum Gasteiger partial charge on any atom is 0.290 e. The molecule has 2 aromatic rings. The predicted octanol–water partition coefficient (Wildman–Crippen LogP) is -0.689. The average molecular weight is 539 g/mol. The zero-order valence-electron chi connectivity index (χ0n) is 21.1. The highest BCUT2D eigenvalue weighted by Crippen LogP contribution is 2.51. The number of hydrogen-bond acceptors (Lipinski definition) is 11. The number of Topliss-reactive ketones (excluding diaryl/α,β-unsaturated/α-hetero) is 4. The van der Waals surface area contributed by atoms with Gasteiger partial charge in [-0.05, 0) is 30.4 Å². The van der Waals surface area contributed by atoms with E-state index in [-0.39, 0.29) is 36.3 Å². The number of nitrogens with zero attached hydrogens (tertiary/aromatic N) is 2. The van der Waals surface area contributed by atoms with Crippen LogP contribution in [0.4, 0.5) is 5.69 Å². The summed E-state index contributed by atoms with van der Waals surface area (Å²) in [5.74, 6) is -11.5. The summed E-state index contributed by atoms with van der Waals surface area (Å²) in [5.41, 5.74) is 3.57. The summed E-state index contributed by atoms with van der Waals surface area (Å²) in [7, 11) is 3.46. The third kappa shape index (κ3) is 3.83. The van der Waals surface area contributed by atoms with E-state index in [0.717, 1.165) is 0 Å². The molecule has 3 aliphatic carbocycles. The van der Waals surface area contributed by atoms with Crippen LogP contribution in [0.25, 0.3) is 0 Å². The van der Waals surface area contributed by atoms with Crippen LogP contribution in [0.2, 0.25) is 0 Å². The summed E-state index contributed by atoms with van der Waals surface area (Å²) in [4.78, 5) is 78.9. The Labute approximate surface area is 221 Å². The van der Waals surface area contributed by atoms with Gasteiger partial charge >= 0.3 is 0 Å². The zero-order valence-corrected chi connectivity index (χ0v) is 21.1. The SMILES string of the molecule is CN(C)c1cc(CNC(=O)c2ccno2)c(O)c2c1C[C@H]1C[C@H]3CC(=O)C(C(N)=O)C(=O)[C@@]3(O)C(=O)C1C2=O. The molecule has 0 radical (unpaired) electrons. The molecule has 2 saturated carbocycles. The largest absolute Gasteiger partial charge is 0.507 e. The van der Waals surface area contributed by atoms with Crippen molar-refractivity contribution in [2.75, 3.05) is 19.0 Å². The summed E-state index contributed by atoms with van der Waals surface area (Å²) in [6.45, 7) is -0.193. The molecule has 5 N–H and O–H groups in total. The Morgan fingerprint density at radius 1 is 1.21 bits per heavy atom. The number of fused-ring (bicyclic) bond motifs is 3. The van der Waals surface area contributed by atoms with Gasteiger partial charge in [-0.15, -0.1) is 0 Å². The van der Waals surface area contributed by atoms with Crippen molar-refractivity contribution in [1.82, 2.24) is 10.5 Å². The fraction of sp³-hybridized carbons (Fsp3) is 0.423. The molecule has 2 amide bonds. The van der Waals surface area contributed by atoms with Crippen molar-refractivity contribution >= 4 is 40.6 Å². The number of hydrogen-bond donors (Lipinski definition) is 4. The molecule has 13 nitrogen and oxygen atoms in total. The molecule has 0 spiro atoms. The maximum atomic E-state index is 13.8. The van der Waals surface area contributed by atoms with Gasteiger partial charge in [-0.25, -0.2) is 0 Å². The lowest BCUT2D eigenvalue weighted by Crippen LogP contribution is -2.68. The lowest BCUT2D eigenvalue weighted by Gasteiger charge is -2.48. The summed E-state index contributed by atoms with van der Waals surface area (Å²) in [5, 5.41) is 28.5. The van der Waals surface area contributed by atoms with Crippen LogP contribution in [-0.4, -0.2) is 70.0 Å². The highest BCUT2D eigenvalue weighted by atomic mass is 16.5. The number of phenols is 1. The van der Waals surface area contributed by atoms with Gasteiger partial charge in [-0.2, -0.15) is 0 Å². The van der Waals surface area contributed by atoms with Gasteiger partial charge in [0.15, 0.2) is 34.7 Å². The number of phenolic OH excluding ortho intramolecular Hbond substituents is 1. The van der Waals surface area contributed by atoms with Crippen LogP contribution in [0, 0.1) is 23.7 Å². The first-order valence-corrected chi connectivity index (χ1v) is 12.3. The van der Waals surface area contributed by atoms with Gasteiger partial charge in [0.05, 0.1) is 17.7 Å².